The van der Waals surface area contributed by atoms with E-state index >= 15 is 0 Å². The molecule has 0 unspecified atom stereocenters. The van der Waals surface area contributed by atoms with Crippen LogP contribution in [0.15, 0.2) is 30.3 Å². The molecular weight excluding hydrogens is 164 g/mol. The molecule has 0 saturated carbocycles. The molecule has 0 N–H and O–H groups in total. The van der Waals surface area contributed by atoms with Gasteiger partial charge in [-0.25, -0.2) is 0 Å². The maximum atomic E-state index is 4.25. The van der Waals surface area contributed by atoms with E-state index in [-0.39, 0.29) is 0 Å². The van der Waals surface area contributed by atoms with E-state index in [4.69, 9.17) is 0 Å². The predicted molar refractivity (Wildman–Crippen MR) is 47.6 cm³/mol. The Morgan fingerprint density at radius 3 is 2.46 bits per heavy atom. The van der Waals surface area contributed by atoms with Crippen LogP contribution >= 0.6 is 0 Å². The molecule has 4 nitrogen and oxygen atoms in total. The minimum atomic E-state index is 0.878. The van der Waals surface area contributed by atoms with Crippen molar-refractivity contribution in [3.63, 3.8) is 0 Å². The molecule has 0 bridgehead atoms. The molecule has 0 amide bonds. The first-order valence-electron chi connectivity index (χ1n) is 4.10. The molecule has 0 radical (unpaired) electrons. The van der Waals surface area contributed by atoms with E-state index in [9.17, 15) is 0 Å². The highest BCUT2D eigenvalue weighted by Crippen LogP contribution is 2.09. The Kier molecular flexibility index (Phi) is 1.81. The predicted octanol–water partition coefficient (Wildman–Crippen LogP) is 0.307. The van der Waals surface area contributed by atoms with Gasteiger partial charge in [0.15, 0.2) is 0 Å². The summed E-state index contributed by atoms with van der Waals surface area (Å²) < 4.78 is 1.76. The van der Waals surface area contributed by atoms with E-state index in [2.05, 4.69) is 10.3 Å². The molecule has 0 spiro atoms. The first-order valence-corrected chi connectivity index (χ1v) is 4.10. The first-order chi connectivity index (χ1) is 6.27. The van der Waals surface area contributed by atoms with E-state index in [0.717, 1.165) is 11.4 Å². The average Bonchev–Trinajstić information content (AvgIpc) is 2.47. The monoisotopic (exact) mass is 175 g/mol. The van der Waals surface area contributed by atoms with Crippen molar-refractivity contribution in [2.75, 3.05) is 0 Å². The zero-order chi connectivity index (χ0) is 9.26. The fourth-order valence-corrected chi connectivity index (χ4v) is 1.29. The van der Waals surface area contributed by atoms with E-state index in [1.165, 1.54) is 0 Å². The maximum Gasteiger partial charge on any atom is 0.329 e. The van der Waals surface area contributed by atoms with Crippen LogP contribution < -0.4 is 4.68 Å². The van der Waals surface area contributed by atoms with Gasteiger partial charge in [0.25, 0.3) is 0 Å². The third kappa shape index (κ3) is 1.42. The molecular formula is C9H11N4+. The van der Waals surface area contributed by atoms with Crippen LogP contribution in [0.1, 0.15) is 0 Å². The number of hydrogen-bond donors (Lipinski definition) is 0. The van der Waals surface area contributed by atoms with Crippen molar-refractivity contribution in [2.24, 2.45) is 14.1 Å². The Morgan fingerprint density at radius 2 is 1.92 bits per heavy atom. The number of benzene rings is 1. The van der Waals surface area contributed by atoms with Crippen LogP contribution in [-0.4, -0.2) is 15.1 Å². The van der Waals surface area contributed by atoms with Crippen molar-refractivity contribution in [3.8, 4) is 11.4 Å². The lowest BCUT2D eigenvalue weighted by atomic mass is 10.2. The maximum absolute atomic E-state index is 4.25. The molecule has 66 valence electrons. The van der Waals surface area contributed by atoms with Crippen molar-refractivity contribution >= 4 is 0 Å². The van der Waals surface area contributed by atoms with Crippen LogP contribution in [0.4, 0.5) is 0 Å². The topological polar surface area (TPSA) is 34.6 Å². The quantitative estimate of drug-likeness (QED) is 0.584. The van der Waals surface area contributed by atoms with Crippen LogP contribution in [0.2, 0.25) is 0 Å². The zero-order valence-electron chi connectivity index (χ0n) is 7.68. The summed E-state index contributed by atoms with van der Waals surface area (Å²) in [6.07, 6.45) is 0. The van der Waals surface area contributed by atoms with Gasteiger partial charge in [0.05, 0.1) is 22.9 Å². The van der Waals surface area contributed by atoms with Gasteiger partial charge >= 0.3 is 5.82 Å². The first kappa shape index (κ1) is 7.91. The zero-order valence-corrected chi connectivity index (χ0v) is 7.68. The lowest BCUT2D eigenvalue weighted by molar-refractivity contribution is -0.722. The fourth-order valence-electron chi connectivity index (χ4n) is 1.29. The Morgan fingerprint density at radius 1 is 1.23 bits per heavy atom. The minimum Gasteiger partial charge on any atom is -0.136 e. The second-order valence-electron chi connectivity index (χ2n) is 2.89. The summed E-state index contributed by atoms with van der Waals surface area (Å²) >= 11 is 0. The number of tetrazole rings is 1. The fraction of sp³-hybridized carbons (Fsp3) is 0.222. The van der Waals surface area contributed by atoms with E-state index in [1.54, 1.807) is 9.48 Å². The molecule has 0 fully saturated rings. The van der Waals surface area contributed by atoms with E-state index in [1.807, 2.05) is 44.4 Å². The molecule has 1 aromatic heterocycles. The Bertz CT molecular complexity index is 405. The summed E-state index contributed by atoms with van der Waals surface area (Å²) in [5, 5.41) is 8.36. The van der Waals surface area contributed by atoms with Gasteiger partial charge in [0.2, 0.25) is 0 Å². The van der Waals surface area contributed by atoms with Crippen molar-refractivity contribution < 1.29 is 4.68 Å². The molecule has 0 saturated heterocycles. The molecule has 1 aromatic carbocycles. The van der Waals surface area contributed by atoms with Crippen molar-refractivity contribution in [1.29, 1.82) is 0 Å². The summed E-state index contributed by atoms with van der Waals surface area (Å²) in [7, 11) is 3.70. The second-order valence-corrected chi connectivity index (χ2v) is 2.89. The average molecular weight is 175 g/mol. The molecule has 2 aromatic rings. The van der Waals surface area contributed by atoms with Gasteiger partial charge in [-0.15, -0.1) is 4.68 Å². The number of hydrogen-bond acceptors (Lipinski definition) is 2. The summed E-state index contributed by atoms with van der Waals surface area (Å²) in [5.74, 6) is 0.878. The standard InChI is InChI=1S/C9H11N4/c1-12-9(10-13(2)11-12)8-6-4-3-5-7-8/h3-7H,1-2H3/q+1. The third-order valence-corrected chi connectivity index (χ3v) is 1.84. The lowest BCUT2D eigenvalue weighted by Gasteiger charge is -1.89. The van der Waals surface area contributed by atoms with Gasteiger partial charge in [-0.1, -0.05) is 18.2 Å². The molecule has 0 atom stereocenters. The van der Waals surface area contributed by atoms with Crippen LogP contribution in [0, 0.1) is 0 Å². The molecule has 0 aliphatic heterocycles. The summed E-state index contributed by atoms with van der Waals surface area (Å²) in [6.45, 7) is 0. The van der Waals surface area contributed by atoms with Crippen molar-refractivity contribution in [2.45, 2.75) is 0 Å². The van der Waals surface area contributed by atoms with Gasteiger partial charge in [-0.05, 0) is 16.9 Å². The summed E-state index contributed by atoms with van der Waals surface area (Å²) in [4.78, 5) is 1.56. The van der Waals surface area contributed by atoms with Crippen LogP contribution in [-0.2, 0) is 14.1 Å². The number of nitrogens with zero attached hydrogens (tertiary/aromatic N) is 4. The highest BCUT2D eigenvalue weighted by molar-refractivity contribution is 5.50. The third-order valence-electron chi connectivity index (χ3n) is 1.84. The minimum absolute atomic E-state index is 0.878. The van der Waals surface area contributed by atoms with Gasteiger partial charge in [-0.3, -0.25) is 0 Å². The molecule has 4 heteroatoms. The van der Waals surface area contributed by atoms with Crippen molar-refractivity contribution in [3.05, 3.63) is 30.3 Å². The van der Waals surface area contributed by atoms with E-state index < -0.39 is 0 Å². The Balaban J connectivity index is 2.53. The summed E-state index contributed by atoms with van der Waals surface area (Å²) in [5.41, 5.74) is 1.08. The molecule has 1 heterocycles. The van der Waals surface area contributed by atoms with Crippen molar-refractivity contribution in [1.82, 2.24) is 15.1 Å². The summed E-state index contributed by atoms with van der Waals surface area (Å²) in [6, 6.07) is 10.0. The van der Waals surface area contributed by atoms with Crippen LogP contribution in [0.3, 0.4) is 0 Å². The van der Waals surface area contributed by atoms with Gasteiger partial charge in [0, 0.05) is 0 Å². The molecule has 0 aliphatic rings. The number of aromatic nitrogens is 4. The van der Waals surface area contributed by atoms with Gasteiger partial charge in [-0.2, -0.15) is 0 Å². The van der Waals surface area contributed by atoms with Crippen LogP contribution in [0.5, 0.6) is 0 Å². The largest absolute Gasteiger partial charge is 0.329 e. The molecule has 0 aliphatic carbocycles. The molecule has 13 heavy (non-hydrogen) atoms. The normalized spacial score (nSPS) is 10.3. The number of aryl methyl sites for hydroxylation is 2. The SMILES string of the molecule is Cn1nc(-c2ccccc2)[n+](C)n1. The Hall–Kier alpha value is -1.71. The molecule has 2 rings (SSSR count). The van der Waals surface area contributed by atoms with Crippen LogP contribution in [0.25, 0.3) is 11.4 Å². The van der Waals surface area contributed by atoms with E-state index in [0.29, 0.717) is 0 Å². The Labute approximate surface area is 76.4 Å². The van der Waals surface area contributed by atoms with Gasteiger partial charge in [0.1, 0.15) is 7.05 Å². The second kappa shape index (κ2) is 2.97. The highest BCUT2D eigenvalue weighted by Gasteiger charge is 2.14. The highest BCUT2D eigenvalue weighted by atomic mass is 15.6. The lowest BCUT2D eigenvalue weighted by Crippen LogP contribution is -2.33. The number of rotatable bonds is 1. The van der Waals surface area contributed by atoms with Gasteiger partial charge < -0.3 is 0 Å². The smallest absolute Gasteiger partial charge is 0.136 e.